The number of nitrogens with zero attached hydrogens (tertiary/aromatic N) is 2. The van der Waals surface area contributed by atoms with Gasteiger partial charge >= 0.3 is 0 Å². The van der Waals surface area contributed by atoms with Gasteiger partial charge in [0.1, 0.15) is 28.6 Å². The van der Waals surface area contributed by atoms with E-state index in [2.05, 4.69) is 24.1 Å². The van der Waals surface area contributed by atoms with E-state index in [1.807, 2.05) is 36.4 Å². The molecule has 0 spiro atoms. The molecule has 3 unspecified atom stereocenters. The molecule has 10 nitrogen and oxygen atoms in total. The lowest BCUT2D eigenvalue weighted by Gasteiger charge is -2.52. The Bertz CT molecular complexity index is 1850. The van der Waals surface area contributed by atoms with Crippen LogP contribution in [-0.2, 0) is 24.3 Å². The van der Waals surface area contributed by atoms with Crippen LogP contribution >= 0.6 is 0 Å². The lowest BCUT2D eigenvalue weighted by molar-refractivity contribution is -0.120. The van der Waals surface area contributed by atoms with Crippen molar-refractivity contribution in [1.82, 2.24) is 9.80 Å². The number of phenolic OH excluding ortho intramolecular Hbond substituents is 1. The van der Waals surface area contributed by atoms with Gasteiger partial charge in [0.2, 0.25) is 0 Å². The van der Waals surface area contributed by atoms with Crippen molar-refractivity contribution >= 4 is 11.7 Å². The number of allylic oxidation sites excluding steroid dienone is 1. The van der Waals surface area contributed by atoms with Crippen molar-refractivity contribution in [2.24, 2.45) is 23.5 Å². The van der Waals surface area contributed by atoms with Gasteiger partial charge in [-0.2, -0.15) is 0 Å². The van der Waals surface area contributed by atoms with Crippen LogP contribution in [0.2, 0.25) is 0 Å². The van der Waals surface area contributed by atoms with Crippen LogP contribution < -0.4 is 10.5 Å². The number of aromatic hydroxyl groups is 1. The van der Waals surface area contributed by atoms with Crippen molar-refractivity contribution in [1.29, 1.82) is 0 Å². The monoisotopic (exact) mass is 653 g/mol. The fourth-order valence-electron chi connectivity index (χ4n) is 8.47. The molecule has 0 bridgehead atoms. The highest BCUT2D eigenvalue weighted by Crippen LogP contribution is 2.55. The van der Waals surface area contributed by atoms with Crippen LogP contribution in [0.25, 0.3) is 11.1 Å². The Hall–Kier alpha value is -4.64. The number of ether oxygens (including phenoxy) is 1. The Labute approximate surface area is 280 Å². The SMILES string of the molecule is COc1ccc(CN(C)Cc2ccccc2)cc1-c1ccc(O)c2c1CC1CC3C(C(O)=C1C2=O)[C@](C)(O)C(C(N)=O)=C(O)[C@H]3N(C)C. The number of methoxy groups -OCH3 is 1. The van der Waals surface area contributed by atoms with Crippen LogP contribution in [0.5, 0.6) is 11.5 Å². The number of primary amides is 1. The van der Waals surface area contributed by atoms with Crippen molar-refractivity contribution in [3.63, 3.8) is 0 Å². The van der Waals surface area contributed by atoms with Gasteiger partial charge in [0.25, 0.3) is 5.91 Å². The molecule has 0 heterocycles. The van der Waals surface area contributed by atoms with E-state index in [0.717, 1.165) is 23.2 Å². The lowest BCUT2D eigenvalue weighted by atomic mass is 9.56. The summed E-state index contributed by atoms with van der Waals surface area (Å²) in [6, 6.07) is 18.7. The summed E-state index contributed by atoms with van der Waals surface area (Å²) in [4.78, 5) is 30.8. The van der Waals surface area contributed by atoms with Crippen molar-refractivity contribution < 1.29 is 34.8 Å². The van der Waals surface area contributed by atoms with Gasteiger partial charge in [-0.15, -0.1) is 0 Å². The number of carbonyl (C=O) groups is 2. The molecule has 6 rings (SSSR count). The number of amides is 1. The van der Waals surface area contributed by atoms with Crippen LogP contribution in [0.1, 0.15) is 40.4 Å². The molecule has 0 fully saturated rings. The minimum Gasteiger partial charge on any atom is -0.511 e. The Balaban J connectivity index is 1.43. The van der Waals surface area contributed by atoms with Crippen molar-refractivity contribution in [3.8, 4) is 22.6 Å². The first-order valence-corrected chi connectivity index (χ1v) is 16.1. The minimum absolute atomic E-state index is 0.0885. The van der Waals surface area contributed by atoms with Gasteiger partial charge in [-0.25, -0.2) is 0 Å². The van der Waals surface area contributed by atoms with E-state index in [9.17, 15) is 30.0 Å². The van der Waals surface area contributed by atoms with Gasteiger partial charge < -0.3 is 30.9 Å². The Morgan fingerprint density at radius 1 is 0.958 bits per heavy atom. The fraction of sp³-hybridized carbons (Fsp3) is 0.368. The summed E-state index contributed by atoms with van der Waals surface area (Å²) >= 11 is 0. The summed E-state index contributed by atoms with van der Waals surface area (Å²) in [6.45, 7) is 2.76. The number of fused-ring (bicyclic) bond motifs is 3. The lowest BCUT2D eigenvalue weighted by Crippen LogP contribution is -2.59. The summed E-state index contributed by atoms with van der Waals surface area (Å²) in [6.07, 6.45) is 0.630. The van der Waals surface area contributed by atoms with Crippen LogP contribution in [0.3, 0.4) is 0 Å². The molecule has 0 saturated carbocycles. The number of phenols is 1. The van der Waals surface area contributed by atoms with Crippen LogP contribution in [-0.4, -0.2) is 81.8 Å². The third-order valence-corrected chi connectivity index (χ3v) is 10.3. The highest BCUT2D eigenvalue weighted by molar-refractivity contribution is 6.14. The predicted octanol–water partition coefficient (Wildman–Crippen LogP) is 4.50. The molecule has 1 amide bonds. The molecular formula is C38H43N3O7. The third-order valence-electron chi connectivity index (χ3n) is 10.3. The second-order valence-electron chi connectivity index (χ2n) is 13.8. The third kappa shape index (κ3) is 5.43. The standard InChI is InChI=1S/C38H43N3O7/c1-38(47)31-26(33(40(2)3)36(45)32(38)37(39)46)17-22-16-25-23(12-13-27(42)30(25)34(43)29(22)35(31)44)24-15-21(11-14-28(24)48-5)19-41(4)18-20-9-7-6-8-10-20/h6-15,22,26,31,33,42,44-45,47H,16-19H2,1-5H3,(H2,39,46)/t22?,26?,31?,33-,38-/m0/s1. The van der Waals surface area contributed by atoms with E-state index in [1.54, 1.807) is 32.2 Å². The van der Waals surface area contributed by atoms with Crippen LogP contribution in [0.4, 0.5) is 0 Å². The minimum atomic E-state index is -2.04. The zero-order valence-electron chi connectivity index (χ0n) is 27.9. The van der Waals surface area contributed by atoms with E-state index in [0.29, 0.717) is 30.7 Å². The molecule has 3 aliphatic carbocycles. The summed E-state index contributed by atoms with van der Waals surface area (Å²) in [5, 5.41) is 45.8. The Morgan fingerprint density at radius 3 is 2.29 bits per heavy atom. The molecule has 10 heteroatoms. The van der Waals surface area contributed by atoms with E-state index >= 15 is 0 Å². The van der Waals surface area contributed by atoms with Gasteiger partial charge in [0, 0.05) is 24.2 Å². The quantitative estimate of drug-likeness (QED) is 0.236. The first-order valence-electron chi connectivity index (χ1n) is 16.1. The highest BCUT2D eigenvalue weighted by Gasteiger charge is 2.59. The molecule has 3 aromatic rings. The summed E-state index contributed by atoms with van der Waals surface area (Å²) < 4.78 is 5.79. The number of hydrogen-bond acceptors (Lipinski definition) is 9. The number of aliphatic hydroxyl groups is 3. The van der Waals surface area contributed by atoms with E-state index < -0.39 is 41.1 Å². The van der Waals surface area contributed by atoms with Crippen molar-refractivity contribution in [2.45, 2.75) is 44.5 Å². The summed E-state index contributed by atoms with van der Waals surface area (Å²) in [5.74, 6) is -3.96. The van der Waals surface area contributed by atoms with Crippen LogP contribution in [0, 0.1) is 17.8 Å². The first-order chi connectivity index (χ1) is 22.8. The van der Waals surface area contributed by atoms with Gasteiger partial charge in [-0.05, 0) is 93.2 Å². The maximum Gasteiger partial charge on any atom is 0.251 e. The van der Waals surface area contributed by atoms with Crippen LogP contribution in [0.15, 0.2) is 83.3 Å². The van der Waals surface area contributed by atoms with Gasteiger partial charge in [-0.3, -0.25) is 19.4 Å². The number of carbonyl (C=O) groups excluding carboxylic acids is 2. The number of ketones is 1. The number of benzene rings is 3. The van der Waals surface area contributed by atoms with Crippen molar-refractivity contribution in [2.75, 3.05) is 28.3 Å². The molecule has 3 aliphatic rings. The number of Topliss-reactive ketones (excluding diaryl/α,β-unsaturated/α-hetero) is 1. The van der Waals surface area contributed by atoms with Gasteiger partial charge in [0.15, 0.2) is 5.78 Å². The summed E-state index contributed by atoms with van der Waals surface area (Å²) in [7, 11) is 7.12. The topological polar surface area (TPSA) is 157 Å². The zero-order valence-corrected chi connectivity index (χ0v) is 27.9. The maximum absolute atomic E-state index is 14.3. The fourth-order valence-corrected chi connectivity index (χ4v) is 8.47. The number of aliphatic hydroxyl groups excluding tert-OH is 2. The molecule has 0 saturated heterocycles. The first kappa shape index (κ1) is 33.3. The Morgan fingerprint density at radius 2 is 1.65 bits per heavy atom. The normalized spacial score (nSPS) is 25.2. The molecule has 252 valence electrons. The van der Waals surface area contributed by atoms with Crippen molar-refractivity contribution in [3.05, 3.63) is 106 Å². The smallest absolute Gasteiger partial charge is 0.251 e. The second-order valence-corrected chi connectivity index (χ2v) is 13.8. The maximum atomic E-state index is 14.3. The number of likely N-dealkylation sites (N-methyl/N-ethyl adjacent to an activating group) is 1. The summed E-state index contributed by atoms with van der Waals surface area (Å²) in [5.41, 5.74) is 7.77. The molecule has 0 aromatic heterocycles. The molecule has 5 atom stereocenters. The number of rotatable bonds is 8. The molecule has 0 radical (unpaired) electrons. The van der Waals surface area contributed by atoms with E-state index in [1.165, 1.54) is 18.6 Å². The van der Waals surface area contributed by atoms with E-state index in [4.69, 9.17) is 10.5 Å². The molecule has 6 N–H and O–H groups in total. The predicted molar refractivity (Wildman–Crippen MR) is 181 cm³/mol. The molecule has 3 aromatic carbocycles. The number of nitrogens with two attached hydrogens (primary N) is 1. The highest BCUT2D eigenvalue weighted by atomic mass is 16.5. The van der Waals surface area contributed by atoms with E-state index in [-0.39, 0.29) is 34.0 Å². The average Bonchev–Trinajstić information content (AvgIpc) is 3.00. The zero-order chi connectivity index (χ0) is 34.7. The van der Waals surface area contributed by atoms with Gasteiger partial charge in [0.05, 0.1) is 30.2 Å². The second kappa shape index (κ2) is 12.4. The Kier molecular flexibility index (Phi) is 8.61. The number of hydrogen-bond donors (Lipinski definition) is 5. The van der Waals surface area contributed by atoms with Gasteiger partial charge in [-0.1, -0.05) is 42.5 Å². The molecule has 48 heavy (non-hydrogen) atoms. The molecule has 0 aliphatic heterocycles. The molecular weight excluding hydrogens is 610 g/mol. The average molecular weight is 654 g/mol. The largest absolute Gasteiger partial charge is 0.511 e.